The zero-order valence-corrected chi connectivity index (χ0v) is 99.6. The number of para-hydroxylation sites is 6. The third-order valence-corrected chi connectivity index (χ3v) is 34.2. The summed E-state index contributed by atoms with van der Waals surface area (Å²) in [6.07, 6.45) is 12.4. The van der Waals surface area contributed by atoms with Gasteiger partial charge in [-0.05, 0) is 136 Å². The summed E-state index contributed by atoms with van der Waals surface area (Å²) in [6, 6.07) is 97.7. The maximum Gasteiger partial charge on any atom is 2.00 e. The Morgan fingerprint density at radius 2 is 0.480 bits per heavy atom. The maximum absolute atomic E-state index is 11.6. The molecular formula is C122H100N14O2Pt4S8. The van der Waals surface area contributed by atoms with Crippen LogP contribution in [0.25, 0.3) is 147 Å². The van der Waals surface area contributed by atoms with E-state index in [0.29, 0.717) is 33.9 Å². The molecule has 0 spiro atoms. The van der Waals surface area contributed by atoms with Gasteiger partial charge in [-0.2, -0.15) is 29.4 Å². The van der Waals surface area contributed by atoms with E-state index < -0.39 is 21.7 Å². The van der Waals surface area contributed by atoms with Crippen molar-refractivity contribution in [1.82, 2.24) is 67.3 Å². The minimum atomic E-state index is -0.607. The summed E-state index contributed by atoms with van der Waals surface area (Å²) in [4.78, 5) is 46.0. The first-order chi connectivity index (χ1) is 70.1. The van der Waals surface area contributed by atoms with Gasteiger partial charge in [-0.1, -0.05) is 305 Å². The van der Waals surface area contributed by atoms with E-state index in [1.54, 1.807) is 22.7 Å². The van der Waals surface area contributed by atoms with E-state index >= 15 is 0 Å². The number of aromatic nitrogens is 14. The van der Waals surface area contributed by atoms with Gasteiger partial charge in [-0.25, -0.2) is 39.9 Å². The van der Waals surface area contributed by atoms with Crippen molar-refractivity contribution in [2.45, 2.75) is 145 Å². The molecule has 13 aromatic carbocycles. The van der Waals surface area contributed by atoms with Gasteiger partial charge in [0.1, 0.15) is 56.5 Å². The Bertz CT molecular complexity index is 8240. The molecular weight excluding hydrogens is 2730 g/mol. The monoisotopic (exact) mass is 2830 g/mol. The first-order valence-corrected chi connectivity index (χ1v) is 52.5. The van der Waals surface area contributed by atoms with Crippen LogP contribution in [0.1, 0.15) is 150 Å². The molecule has 12 heterocycles. The predicted octanol–water partition coefficient (Wildman–Crippen LogP) is 28.3. The molecule has 0 atom stereocenters. The van der Waals surface area contributed by atoms with Crippen molar-refractivity contribution >= 4 is 98.4 Å². The molecule has 0 saturated heterocycles. The van der Waals surface area contributed by atoms with E-state index in [4.69, 9.17) is 116 Å². The van der Waals surface area contributed by atoms with Gasteiger partial charge in [0, 0.05) is 144 Å². The molecule has 0 amide bonds. The van der Waals surface area contributed by atoms with Crippen LogP contribution in [0.15, 0.2) is 368 Å². The van der Waals surface area contributed by atoms with Crippen LogP contribution in [0, 0.1) is 0 Å². The molecule has 32 bridgehead atoms. The van der Waals surface area contributed by atoms with E-state index in [-0.39, 0.29) is 107 Å². The minimum absolute atomic E-state index is 0. The maximum atomic E-state index is 11.6. The SMILES string of the molecule is CC1(C)c2cccc(c2[S-])-c2cn(-c3ccccc3)c(n2)C(C)(C)c2nc(cn2-c2ccccc2)-c2cccc1c2[S-].CC1(C)c2cn(-c3ccccc3)c(n2)-c2cccc(c2O)-c2cccc(c2O)-c2nc1cn2-c1ccccc1.CC1(C)c2nc(cs2)-c2cccc(c2[S-])C(C)(C)c2cccc(c2[S-])-c2csc1n2.Cn1cc2nc1-c1cccc(c1[S-])C(C)(C)c1cccc(c1[S-])-c1nc(cn1C)-c1ccccc1-2.[Pt+2].[Pt+2].[Pt+2].[Pt]. The predicted molar refractivity (Wildman–Crippen MR) is 602 cm³/mol. The summed E-state index contributed by atoms with van der Waals surface area (Å²) in [6.45, 7) is 26.1. The first-order valence-electron chi connectivity index (χ1n) is 48.3. The van der Waals surface area contributed by atoms with E-state index in [2.05, 4.69) is 307 Å². The van der Waals surface area contributed by atoms with Crippen molar-refractivity contribution in [2.75, 3.05) is 0 Å². The molecule has 28 heteroatoms. The van der Waals surface area contributed by atoms with Crippen LogP contribution in [0.3, 0.4) is 0 Å². The number of rotatable bonds is 4. The fourth-order valence-corrected chi connectivity index (χ4v) is 25.7. The molecule has 4 aliphatic rings. The number of thiazole rings is 2. The quantitative estimate of drug-likeness (QED) is 0.159. The van der Waals surface area contributed by atoms with Crippen LogP contribution in [-0.2, 0) is 207 Å². The Morgan fingerprint density at radius 1 is 0.227 bits per heavy atom. The van der Waals surface area contributed by atoms with Gasteiger partial charge in [0.15, 0.2) is 0 Å². The summed E-state index contributed by atoms with van der Waals surface area (Å²) in [7, 11) is 4.04. The van der Waals surface area contributed by atoms with Crippen molar-refractivity contribution in [3.63, 3.8) is 0 Å². The van der Waals surface area contributed by atoms with Gasteiger partial charge in [0.2, 0.25) is 0 Å². The number of hydrogen-bond acceptors (Lipinski definition) is 18. The summed E-state index contributed by atoms with van der Waals surface area (Å²) >= 11 is 40.0. The van der Waals surface area contributed by atoms with Crippen molar-refractivity contribution < 1.29 is 94.5 Å². The molecule has 25 rings (SSSR count). The minimum Gasteiger partial charge on any atom is -0.779 e. The van der Waals surface area contributed by atoms with E-state index in [1.807, 2.05) is 157 Å². The molecule has 21 aromatic rings. The summed E-state index contributed by atoms with van der Waals surface area (Å²) in [5.41, 5.74) is 24.7. The molecule has 4 aliphatic heterocycles. The van der Waals surface area contributed by atoms with Gasteiger partial charge in [0.05, 0.1) is 72.9 Å². The van der Waals surface area contributed by atoms with Crippen molar-refractivity contribution in [1.29, 1.82) is 0 Å². The van der Waals surface area contributed by atoms with Crippen molar-refractivity contribution in [3.05, 3.63) is 406 Å². The number of aromatic hydroxyl groups is 2. The van der Waals surface area contributed by atoms with Crippen molar-refractivity contribution in [2.24, 2.45) is 14.1 Å². The molecule has 758 valence electrons. The number of nitrogens with zero attached hydrogens (tertiary/aromatic N) is 14. The number of imidazole rings is 6. The van der Waals surface area contributed by atoms with Crippen LogP contribution in [0.2, 0.25) is 0 Å². The Morgan fingerprint density at radius 3 is 0.800 bits per heavy atom. The van der Waals surface area contributed by atoms with Crippen molar-refractivity contribution in [3.8, 4) is 158 Å². The second-order valence-corrected chi connectivity index (χ2v) is 44.8. The van der Waals surface area contributed by atoms with Crippen LogP contribution in [-0.4, -0.2) is 77.5 Å². The van der Waals surface area contributed by atoms with Crippen LogP contribution < -0.4 is 0 Å². The third kappa shape index (κ3) is 18.6. The average molecular weight is 2830 g/mol. The summed E-state index contributed by atoms with van der Waals surface area (Å²) in [5.74, 6) is 4.79. The van der Waals surface area contributed by atoms with Crippen LogP contribution in [0.4, 0.5) is 0 Å². The van der Waals surface area contributed by atoms with Gasteiger partial charge in [-0.15, -0.1) is 22.7 Å². The molecule has 0 radical (unpaired) electrons. The van der Waals surface area contributed by atoms with E-state index in [1.165, 1.54) is 0 Å². The Balaban J connectivity index is 0.000000130. The number of phenols is 2. The topological polar surface area (TPSA) is 173 Å². The molecule has 0 fully saturated rings. The Hall–Kier alpha value is -11.9. The van der Waals surface area contributed by atoms with Gasteiger partial charge >= 0.3 is 63.2 Å². The number of benzene rings is 13. The normalized spacial score (nSPS) is 14.0. The van der Waals surface area contributed by atoms with Crippen LogP contribution >= 0.6 is 22.7 Å². The first kappa shape index (κ1) is 108. The zero-order valence-electron chi connectivity index (χ0n) is 84.0. The third-order valence-electron chi connectivity index (χ3n) is 29.2. The Kier molecular flexibility index (Phi) is 30.1. The van der Waals surface area contributed by atoms with Crippen LogP contribution in [0.5, 0.6) is 11.5 Å². The summed E-state index contributed by atoms with van der Waals surface area (Å²) < 4.78 is 12.5. The second kappa shape index (κ2) is 41.9. The largest absolute Gasteiger partial charge is 2.00 e. The smallest absolute Gasteiger partial charge is 0.779 e. The second-order valence-electron chi connectivity index (χ2n) is 40.6. The summed E-state index contributed by atoms with van der Waals surface area (Å²) in [5, 5.41) is 29.6. The number of phenolic OH excluding ortho intramolecular Hbond substituents is 2. The van der Waals surface area contributed by atoms with Gasteiger partial charge in [0.25, 0.3) is 0 Å². The number of aryl methyl sites for hydroxylation is 2. The molecule has 0 aliphatic carbocycles. The molecule has 0 saturated carbocycles. The molecule has 0 unspecified atom stereocenters. The zero-order chi connectivity index (χ0) is 102. The number of hydrogen-bond donors (Lipinski definition) is 2. The fourth-order valence-electron chi connectivity index (χ4n) is 20.8. The number of fused-ring (bicyclic) bond motifs is 44. The van der Waals surface area contributed by atoms with E-state index in [0.717, 1.165) is 209 Å². The fraction of sp³-hybridized carbons (Fsp3) is 0.164. The average Bonchev–Trinajstić information content (AvgIpc) is 1.55. The standard InChI is InChI=1S/C36H32N4S2.C33H26N4O2.C29H26N4S2.C24H22N2S4.4Pt/c1-35(2)27-19-11-17-25(31(27)41)29-21-39(23-13-7-5-8-14-23)33(37-29)36(3,4)34-38-30(26-18-12-20-28(35)32(26)42)22-40(34)24-15-9-6-10-16-24;1-33(2)27-19-36(21-11-5-3-6-12-21)31(34-27)25-17-9-15-23(29(25)38)24-16-10-18-26(30(24)39)32-35-28(33)20-37(32)22-13-7-4-8-14-22;1-29(2)21-13-7-11-19(25(21)34)27-30-23(15-32(27)3)17-9-5-6-10-18(17)24-16-33(4)28(31-24)20-12-8-14-22(29)26(20)35;1-23(2)15-9-5-7-13(19(15)27)17-11-29-21(25-17)24(3,4)22-26-18(12-30-22)14-8-6-10-16(23)20(14)28;;;;/h5-22,41-42H,1-4H3;3-20,38-39H,1-2H3;5-16,34-35H,1-4H3;5-12,27-28H,1-4H3;;;;/q;;;;;3*+2/p-6. The van der Waals surface area contributed by atoms with E-state index in [9.17, 15) is 10.2 Å². The van der Waals surface area contributed by atoms with Gasteiger partial charge < -0.3 is 104 Å². The Labute approximate surface area is 972 Å². The molecule has 150 heavy (non-hydrogen) atoms. The molecule has 16 nitrogen and oxygen atoms in total. The molecule has 2 N–H and O–H groups in total. The van der Waals surface area contributed by atoms with Gasteiger partial charge in [-0.3, -0.25) is 9.13 Å². The molecule has 8 aromatic heterocycles.